The van der Waals surface area contributed by atoms with E-state index in [0.29, 0.717) is 11.3 Å². The quantitative estimate of drug-likeness (QED) is 0.754. The van der Waals surface area contributed by atoms with Gasteiger partial charge < -0.3 is 10.3 Å². The molecule has 1 aromatic heterocycles. The van der Waals surface area contributed by atoms with Crippen LogP contribution in [0.15, 0.2) is 28.8 Å². The highest BCUT2D eigenvalue weighted by Gasteiger charge is 2.10. The van der Waals surface area contributed by atoms with Crippen molar-refractivity contribution in [2.24, 2.45) is 0 Å². The maximum atomic E-state index is 12.9. The summed E-state index contributed by atoms with van der Waals surface area (Å²) >= 11 is 0. The first-order chi connectivity index (χ1) is 6.68. The summed E-state index contributed by atoms with van der Waals surface area (Å²) in [4.78, 5) is 0. The Kier molecular flexibility index (Phi) is 1.96. The molecule has 0 saturated carbocycles. The second kappa shape index (κ2) is 3.14. The number of aromatic nitrogens is 1. The lowest BCUT2D eigenvalue weighted by Crippen LogP contribution is -1.85. The molecule has 0 unspecified atom stereocenters. The van der Waals surface area contributed by atoms with Gasteiger partial charge in [0.1, 0.15) is 11.5 Å². The number of nitrogen functional groups attached to an aromatic ring is 1. The fraction of sp³-hybridized carbons (Fsp3) is 0.100. The van der Waals surface area contributed by atoms with Crippen molar-refractivity contribution >= 4 is 5.88 Å². The number of hydrogen-bond acceptors (Lipinski definition) is 3. The van der Waals surface area contributed by atoms with Gasteiger partial charge in [-0.05, 0) is 19.1 Å². The van der Waals surface area contributed by atoms with Gasteiger partial charge in [0.25, 0.3) is 0 Å². The number of anilines is 1. The number of benzene rings is 1. The van der Waals surface area contributed by atoms with Gasteiger partial charge in [-0.2, -0.15) is 0 Å². The molecule has 0 aliphatic heterocycles. The summed E-state index contributed by atoms with van der Waals surface area (Å²) in [6.45, 7) is 1.78. The van der Waals surface area contributed by atoms with E-state index in [1.165, 1.54) is 12.1 Å². The smallest absolute Gasteiger partial charge is 0.225 e. The number of halogens is 1. The van der Waals surface area contributed by atoms with E-state index in [-0.39, 0.29) is 11.7 Å². The molecular formula is C10H9FN2O. The van der Waals surface area contributed by atoms with E-state index in [1.807, 2.05) is 0 Å². The fourth-order valence-electron chi connectivity index (χ4n) is 1.25. The van der Waals surface area contributed by atoms with E-state index in [4.69, 9.17) is 10.3 Å². The van der Waals surface area contributed by atoms with Crippen molar-refractivity contribution in [1.29, 1.82) is 0 Å². The molecule has 0 aliphatic carbocycles. The first-order valence-corrected chi connectivity index (χ1v) is 4.16. The molecule has 0 fully saturated rings. The largest absolute Gasteiger partial charge is 0.367 e. The zero-order valence-corrected chi connectivity index (χ0v) is 7.62. The minimum atomic E-state index is -0.302. The van der Waals surface area contributed by atoms with Crippen LogP contribution in [0.2, 0.25) is 0 Å². The Balaban J connectivity index is 2.55. The Morgan fingerprint density at radius 1 is 1.43 bits per heavy atom. The highest BCUT2D eigenvalue weighted by atomic mass is 19.1. The van der Waals surface area contributed by atoms with Crippen LogP contribution in [-0.4, -0.2) is 5.16 Å². The highest BCUT2D eigenvalue weighted by Crippen LogP contribution is 2.26. The van der Waals surface area contributed by atoms with Gasteiger partial charge in [-0.25, -0.2) is 4.39 Å². The SMILES string of the molecule is Cc1c(-c2cccc(F)c2)noc1N. The molecule has 0 aliphatic rings. The average Bonchev–Trinajstić information content (AvgIpc) is 2.48. The third-order valence-electron chi connectivity index (χ3n) is 2.06. The first-order valence-electron chi connectivity index (χ1n) is 4.16. The van der Waals surface area contributed by atoms with Crippen molar-refractivity contribution < 1.29 is 8.91 Å². The number of hydrogen-bond donors (Lipinski definition) is 1. The van der Waals surface area contributed by atoms with Crippen molar-refractivity contribution in [2.45, 2.75) is 6.92 Å². The van der Waals surface area contributed by atoms with Crippen molar-refractivity contribution in [3.63, 3.8) is 0 Å². The molecule has 2 aromatic rings. The van der Waals surface area contributed by atoms with Crippen LogP contribution in [0.4, 0.5) is 10.3 Å². The maximum absolute atomic E-state index is 12.9. The third-order valence-corrected chi connectivity index (χ3v) is 2.06. The van der Waals surface area contributed by atoms with Crippen LogP contribution < -0.4 is 5.73 Å². The lowest BCUT2D eigenvalue weighted by molar-refractivity contribution is 0.439. The molecule has 0 atom stereocenters. The molecule has 0 saturated heterocycles. The van der Waals surface area contributed by atoms with Gasteiger partial charge in [0, 0.05) is 11.1 Å². The predicted octanol–water partition coefficient (Wildman–Crippen LogP) is 2.37. The van der Waals surface area contributed by atoms with E-state index >= 15 is 0 Å². The maximum Gasteiger partial charge on any atom is 0.225 e. The minimum absolute atomic E-state index is 0.268. The average molecular weight is 192 g/mol. The van der Waals surface area contributed by atoms with Crippen LogP contribution in [-0.2, 0) is 0 Å². The zero-order chi connectivity index (χ0) is 10.1. The second-order valence-electron chi connectivity index (χ2n) is 3.03. The Bertz CT molecular complexity index is 465. The van der Waals surface area contributed by atoms with Gasteiger partial charge in [-0.1, -0.05) is 17.3 Å². The molecule has 1 aromatic carbocycles. The Morgan fingerprint density at radius 3 is 2.79 bits per heavy atom. The van der Waals surface area contributed by atoms with Gasteiger partial charge in [0.15, 0.2) is 0 Å². The summed E-state index contributed by atoms with van der Waals surface area (Å²) in [6.07, 6.45) is 0. The molecule has 2 rings (SSSR count). The van der Waals surface area contributed by atoms with Gasteiger partial charge in [0.05, 0.1) is 0 Å². The minimum Gasteiger partial charge on any atom is -0.367 e. The molecular weight excluding hydrogens is 183 g/mol. The number of nitrogens with zero attached hydrogens (tertiary/aromatic N) is 1. The summed E-state index contributed by atoms with van der Waals surface area (Å²) in [5.41, 5.74) is 7.48. The summed E-state index contributed by atoms with van der Waals surface area (Å²) in [5, 5.41) is 3.76. The van der Waals surface area contributed by atoms with Crippen LogP contribution in [0.3, 0.4) is 0 Å². The molecule has 14 heavy (non-hydrogen) atoms. The van der Waals surface area contributed by atoms with E-state index in [0.717, 1.165) is 5.56 Å². The van der Waals surface area contributed by atoms with E-state index < -0.39 is 0 Å². The Morgan fingerprint density at radius 2 is 2.21 bits per heavy atom. The predicted molar refractivity (Wildman–Crippen MR) is 51.0 cm³/mol. The van der Waals surface area contributed by atoms with Crippen LogP contribution in [0.5, 0.6) is 0 Å². The van der Waals surface area contributed by atoms with Crippen molar-refractivity contribution in [1.82, 2.24) is 5.16 Å². The molecule has 0 bridgehead atoms. The van der Waals surface area contributed by atoms with E-state index in [1.54, 1.807) is 19.1 Å². The molecule has 0 radical (unpaired) electrons. The van der Waals surface area contributed by atoms with Crippen LogP contribution in [0.1, 0.15) is 5.56 Å². The molecule has 3 nitrogen and oxygen atoms in total. The Hall–Kier alpha value is -1.84. The highest BCUT2D eigenvalue weighted by molar-refractivity contribution is 5.66. The van der Waals surface area contributed by atoms with Crippen LogP contribution in [0, 0.1) is 12.7 Å². The van der Waals surface area contributed by atoms with E-state index in [2.05, 4.69) is 5.16 Å². The summed E-state index contributed by atoms with van der Waals surface area (Å²) < 4.78 is 17.7. The van der Waals surface area contributed by atoms with Crippen LogP contribution >= 0.6 is 0 Å². The van der Waals surface area contributed by atoms with Crippen molar-refractivity contribution in [3.8, 4) is 11.3 Å². The number of nitrogens with two attached hydrogens (primary N) is 1. The second-order valence-corrected chi connectivity index (χ2v) is 3.03. The molecule has 2 N–H and O–H groups in total. The van der Waals surface area contributed by atoms with Gasteiger partial charge >= 0.3 is 0 Å². The number of rotatable bonds is 1. The van der Waals surface area contributed by atoms with Crippen molar-refractivity contribution in [3.05, 3.63) is 35.6 Å². The topological polar surface area (TPSA) is 52.0 Å². The van der Waals surface area contributed by atoms with Crippen LogP contribution in [0.25, 0.3) is 11.3 Å². The van der Waals surface area contributed by atoms with Gasteiger partial charge in [-0.3, -0.25) is 0 Å². The normalized spacial score (nSPS) is 10.4. The molecule has 1 heterocycles. The summed E-state index contributed by atoms with van der Waals surface area (Å²) in [7, 11) is 0. The molecule has 72 valence electrons. The van der Waals surface area contributed by atoms with Gasteiger partial charge in [0.2, 0.25) is 5.88 Å². The zero-order valence-electron chi connectivity index (χ0n) is 7.62. The standard InChI is InChI=1S/C10H9FN2O/c1-6-9(13-14-10(6)12)7-3-2-4-8(11)5-7/h2-5H,12H2,1H3. The molecule has 0 spiro atoms. The fourth-order valence-corrected chi connectivity index (χ4v) is 1.25. The summed E-state index contributed by atoms with van der Waals surface area (Å²) in [5.74, 6) is -0.0345. The van der Waals surface area contributed by atoms with Gasteiger partial charge in [-0.15, -0.1) is 0 Å². The summed E-state index contributed by atoms with van der Waals surface area (Å²) in [6, 6.07) is 6.15. The monoisotopic (exact) mass is 192 g/mol. The lowest BCUT2D eigenvalue weighted by atomic mass is 10.1. The third kappa shape index (κ3) is 1.35. The molecule has 0 amide bonds. The lowest BCUT2D eigenvalue weighted by Gasteiger charge is -1.96. The Labute approximate surface area is 80.3 Å². The van der Waals surface area contributed by atoms with E-state index in [9.17, 15) is 4.39 Å². The first kappa shape index (κ1) is 8.74. The van der Waals surface area contributed by atoms with Crippen molar-refractivity contribution in [2.75, 3.05) is 5.73 Å². The molecule has 4 heteroatoms.